The molecule has 0 aromatic rings. The second-order valence-electron chi connectivity index (χ2n) is 3.64. The van der Waals surface area contributed by atoms with Crippen molar-refractivity contribution in [3.8, 4) is 0 Å². The summed E-state index contributed by atoms with van der Waals surface area (Å²) in [4.78, 5) is 0. The Balaban J connectivity index is 0. The van der Waals surface area contributed by atoms with E-state index in [0.717, 1.165) is 13.2 Å². The maximum Gasteiger partial charge on any atom is 0.304 e. The minimum atomic E-state index is -0.629. The Kier molecular flexibility index (Phi) is 23.0. The topological polar surface area (TPSA) is 18.5 Å². The molecular formula is C12H30O2Si. The summed E-state index contributed by atoms with van der Waals surface area (Å²) >= 11 is 0. The molecule has 0 aromatic carbocycles. The molecule has 0 fully saturated rings. The number of unbranched alkanes of at least 4 members (excludes halogenated alkanes) is 3. The summed E-state index contributed by atoms with van der Waals surface area (Å²) in [5.74, 6) is 0. The molecule has 0 atom stereocenters. The first-order valence-electron chi connectivity index (χ1n) is 6.48. The molecule has 0 N–H and O–H groups in total. The van der Waals surface area contributed by atoms with Crippen LogP contribution in [0.4, 0.5) is 0 Å². The molecule has 0 aliphatic carbocycles. The van der Waals surface area contributed by atoms with Gasteiger partial charge in [0.15, 0.2) is 0 Å². The van der Waals surface area contributed by atoms with Crippen LogP contribution in [0.2, 0.25) is 0 Å². The second-order valence-corrected chi connectivity index (χ2v) is 4.69. The minimum absolute atomic E-state index is 0.629. The molecule has 0 radical (unpaired) electrons. The van der Waals surface area contributed by atoms with Gasteiger partial charge in [0.1, 0.15) is 0 Å². The summed E-state index contributed by atoms with van der Waals surface area (Å²) in [5.41, 5.74) is 0. The first kappa shape index (κ1) is 17.5. The van der Waals surface area contributed by atoms with Crippen molar-refractivity contribution in [2.75, 3.05) is 13.2 Å². The van der Waals surface area contributed by atoms with Crippen LogP contribution in [0.15, 0.2) is 0 Å². The Bertz CT molecular complexity index is 79.7. The number of hydrogen-bond donors (Lipinski definition) is 0. The van der Waals surface area contributed by atoms with Gasteiger partial charge < -0.3 is 8.85 Å². The van der Waals surface area contributed by atoms with Crippen LogP contribution >= 0.6 is 0 Å². The molecule has 15 heavy (non-hydrogen) atoms. The third-order valence-electron chi connectivity index (χ3n) is 1.95. The maximum atomic E-state index is 5.34. The Morgan fingerprint density at radius 1 is 0.667 bits per heavy atom. The van der Waals surface area contributed by atoms with Crippen molar-refractivity contribution in [2.24, 2.45) is 0 Å². The van der Waals surface area contributed by atoms with Gasteiger partial charge in [0, 0.05) is 13.2 Å². The molecule has 0 bridgehead atoms. The smallest absolute Gasteiger partial charge is 0.304 e. The fourth-order valence-electron chi connectivity index (χ4n) is 0.670. The van der Waals surface area contributed by atoms with Gasteiger partial charge >= 0.3 is 10.0 Å². The van der Waals surface area contributed by atoms with Crippen molar-refractivity contribution in [2.45, 2.75) is 66.2 Å². The fraction of sp³-hybridized carbons (Fsp3) is 1.00. The Morgan fingerprint density at radius 2 is 1.07 bits per heavy atom. The zero-order valence-corrected chi connectivity index (χ0v) is 12.6. The average molecular weight is 234 g/mol. The lowest BCUT2D eigenvalue weighted by molar-refractivity contribution is 0.216. The van der Waals surface area contributed by atoms with Crippen LogP contribution in [-0.4, -0.2) is 23.2 Å². The molecule has 0 saturated heterocycles. The van der Waals surface area contributed by atoms with E-state index in [2.05, 4.69) is 27.7 Å². The SMILES string of the molecule is CCCC.CCCCO[SiH2]OCCCC. The van der Waals surface area contributed by atoms with Crippen LogP contribution in [0.1, 0.15) is 66.2 Å². The molecule has 94 valence electrons. The maximum absolute atomic E-state index is 5.34. The van der Waals surface area contributed by atoms with Crippen LogP contribution in [0.25, 0.3) is 0 Å². The third kappa shape index (κ3) is 24.9. The quantitative estimate of drug-likeness (QED) is 0.449. The standard InChI is InChI=1S/C8H20O2Si.C4H10/c1-3-5-7-9-11-10-8-6-4-2;1-3-4-2/h3-8,11H2,1-2H3;3-4H2,1-2H3. The van der Waals surface area contributed by atoms with Crippen molar-refractivity contribution in [3.05, 3.63) is 0 Å². The van der Waals surface area contributed by atoms with Crippen LogP contribution in [0.3, 0.4) is 0 Å². The lowest BCUT2D eigenvalue weighted by Gasteiger charge is -2.03. The van der Waals surface area contributed by atoms with E-state index in [4.69, 9.17) is 8.85 Å². The highest BCUT2D eigenvalue weighted by Crippen LogP contribution is 1.89. The lowest BCUT2D eigenvalue weighted by Crippen LogP contribution is -2.06. The summed E-state index contributed by atoms with van der Waals surface area (Å²) in [6.07, 6.45) is 7.40. The highest BCUT2D eigenvalue weighted by Gasteiger charge is 1.88. The zero-order valence-electron chi connectivity index (χ0n) is 11.2. The van der Waals surface area contributed by atoms with Crippen molar-refractivity contribution < 1.29 is 8.85 Å². The van der Waals surface area contributed by atoms with Crippen LogP contribution in [-0.2, 0) is 8.85 Å². The van der Waals surface area contributed by atoms with E-state index in [-0.39, 0.29) is 0 Å². The van der Waals surface area contributed by atoms with Crippen LogP contribution < -0.4 is 0 Å². The minimum Gasteiger partial charge on any atom is -0.399 e. The summed E-state index contributed by atoms with van der Waals surface area (Å²) in [6, 6.07) is 0. The van der Waals surface area contributed by atoms with E-state index >= 15 is 0 Å². The van der Waals surface area contributed by atoms with Crippen molar-refractivity contribution in [1.82, 2.24) is 0 Å². The average Bonchev–Trinajstić information content (AvgIpc) is 2.28. The second kappa shape index (κ2) is 19.7. The van der Waals surface area contributed by atoms with Gasteiger partial charge in [-0.15, -0.1) is 0 Å². The zero-order chi connectivity index (χ0) is 11.8. The molecule has 0 aromatic heterocycles. The summed E-state index contributed by atoms with van der Waals surface area (Å²) < 4.78 is 10.7. The lowest BCUT2D eigenvalue weighted by atomic mass is 10.4. The van der Waals surface area contributed by atoms with E-state index in [0.29, 0.717) is 0 Å². The summed E-state index contributed by atoms with van der Waals surface area (Å²) in [7, 11) is -0.629. The molecule has 0 saturated carbocycles. The number of rotatable bonds is 9. The van der Waals surface area contributed by atoms with Gasteiger partial charge in [-0.2, -0.15) is 0 Å². The van der Waals surface area contributed by atoms with Crippen LogP contribution in [0.5, 0.6) is 0 Å². The van der Waals surface area contributed by atoms with E-state index in [1.54, 1.807) is 0 Å². The molecule has 0 aliphatic rings. The Labute approximate surface area is 98.8 Å². The largest absolute Gasteiger partial charge is 0.399 e. The van der Waals surface area contributed by atoms with Gasteiger partial charge in [0.25, 0.3) is 0 Å². The molecule has 0 spiro atoms. The van der Waals surface area contributed by atoms with Gasteiger partial charge in [-0.3, -0.25) is 0 Å². The third-order valence-corrected chi connectivity index (χ3v) is 2.86. The van der Waals surface area contributed by atoms with Crippen molar-refractivity contribution >= 4 is 10.0 Å². The normalized spacial score (nSPS) is 9.60. The first-order chi connectivity index (χ1) is 7.33. The number of hydrogen-bond acceptors (Lipinski definition) is 2. The molecule has 3 heteroatoms. The first-order valence-corrected chi connectivity index (χ1v) is 7.64. The van der Waals surface area contributed by atoms with E-state index in [1.165, 1.54) is 38.5 Å². The molecule has 0 unspecified atom stereocenters. The Morgan fingerprint density at radius 3 is 1.33 bits per heavy atom. The monoisotopic (exact) mass is 234 g/mol. The van der Waals surface area contributed by atoms with Crippen molar-refractivity contribution in [1.29, 1.82) is 0 Å². The summed E-state index contributed by atoms with van der Waals surface area (Å²) in [6.45, 7) is 10.5. The van der Waals surface area contributed by atoms with Gasteiger partial charge in [0.2, 0.25) is 0 Å². The molecule has 2 nitrogen and oxygen atoms in total. The summed E-state index contributed by atoms with van der Waals surface area (Å²) in [5, 5.41) is 0. The Hall–Kier alpha value is 0.137. The molecular weight excluding hydrogens is 204 g/mol. The van der Waals surface area contributed by atoms with E-state index < -0.39 is 10.0 Å². The predicted octanol–water partition coefficient (Wildman–Crippen LogP) is 3.43. The predicted molar refractivity (Wildman–Crippen MR) is 70.8 cm³/mol. The fourth-order valence-corrected chi connectivity index (χ4v) is 1.43. The van der Waals surface area contributed by atoms with E-state index in [1.807, 2.05) is 0 Å². The van der Waals surface area contributed by atoms with Gasteiger partial charge in [-0.25, -0.2) is 0 Å². The van der Waals surface area contributed by atoms with Gasteiger partial charge in [-0.1, -0.05) is 53.4 Å². The van der Waals surface area contributed by atoms with Gasteiger partial charge in [0.05, 0.1) is 0 Å². The molecule has 0 heterocycles. The van der Waals surface area contributed by atoms with Crippen LogP contribution in [0, 0.1) is 0 Å². The highest BCUT2D eigenvalue weighted by molar-refractivity contribution is 6.17. The van der Waals surface area contributed by atoms with Gasteiger partial charge in [-0.05, 0) is 12.8 Å². The van der Waals surface area contributed by atoms with Crippen molar-refractivity contribution in [3.63, 3.8) is 0 Å². The molecule has 0 amide bonds. The molecule has 0 rings (SSSR count). The van der Waals surface area contributed by atoms with E-state index in [9.17, 15) is 0 Å². The highest BCUT2D eigenvalue weighted by atomic mass is 28.3. The molecule has 0 aliphatic heterocycles.